The minimum atomic E-state index is -0.0621. The quantitative estimate of drug-likeness (QED) is 0.161. The molecule has 0 atom stereocenters. The maximum absolute atomic E-state index is 10.1. The van der Waals surface area contributed by atoms with Crippen LogP contribution >= 0.6 is 0 Å². The van der Waals surface area contributed by atoms with Gasteiger partial charge in [0.25, 0.3) is 0 Å². The lowest BCUT2D eigenvalue weighted by Crippen LogP contribution is -2.10. The smallest absolute Gasteiger partial charge is 0.164 e. The molecule has 5 nitrogen and oxygen atoms in total. The largest absolute Gasteiger partial charge is 0.308 e. The van der Waals surface area contributed by atoms with E-state index in [0.717, 1.165) is 77.6 Å². The van der Waals surface area contributed by atoms with Gasteiger partial charge in [-0.2, -0.15) is 5.26 Å². The van der Waals surface area contributed by atoms with Gasteiger partial charge in [0.05, 0.1) is 28.4 Å². The summed E-state index contributed by atoms with van der Waals surface area (Å²) in [4.78, 5) is 15.6. The highest BCUT2D eigenvalue weighted by Gasteiger charge is 2.24. The summed E-state index contributed by atoms with van der Waals surface area (Å²) in [6, 6.07) is 69.7. The zero-order chi connectivity index (χ0) is 41.5. The molecule has 5 heteroatoms. The van der Waals surface area contributed by atoms with Crippen LogP contribution in [0.25, 0.3) is 95.0 Å². The highest BCUT2D eigenvalue weighted by atomic mass is 15.0. The van der Waals surface area contributed by atoms with Crippen molar-refractivity contribution in [3.05, 3.63) is 205 Å². The Balaban J connectivity index is 1.27. The molecule has 0 bridgehead atoms. The zero-order valence-corrected chi connectivity index (χ0v) is 34.2. The molecule has 2 heterocycles. The van der Waals surface area contributed by atoms with E-state index < -0.39 is 0 Å². The van der Waals surface area contributed by atoms with Crippen molar-refractivity contribution in [2.45, 2.75) is 26.2 Å². The average molecular weight is 784 g/mol. The summed E-state index contributed by atoms with van der Waals surface area (Å²) in [6.07, 6.45) is 0. The summed E-state index contributed by atoms with van der Waals surface area (Å²) in [5.41, 5.74) is 14.0. The van der Waals surface area contributed by atoms with Gasteiger partial charge >= 0.3 is 0 Å². The fourth-order valence-electron chi connectivity index (χ4n) is 8.27. The number of nitriles is 1. The maximum atomic E-state index is 10.1. The number of benzene rings is 8. The van der Waals surface area contributed by atoms with Crippen LogP contribution in [0.3, 0.4) is 0 Å². The van der Waals surface area contributed by atoms with E-state index in [2.05, 4.69) is 177 Å². The molecule has 0 N–H and O–H groups in total. The Bertz CT molecular complexity index is 3190. The number of rotatable bonds is 7. The number of nitrogens with zero attached hydrogens (tertiary/aromatic N) is 5. The molecule has 0 saturated carbocycles. The normalized spacial score (nSPS) is 11.5. The van der Waals surface area contributed by atoms with E-state index in [1.807, 2.05) is 48.5 Å². The molecule has 0 aliphatic carbocycles. The van der Waals surface area contributed by atoms with E-state index in [1.54, 1.807) is 0 Å². The maximum Gasteiger partial charge on any atom is 0.164 e. The fraction of sp³-hybridized carbons (Fsp3) is 0.0714. The molecule has 2 aromatic heterocycles. The van der Waals surface area contributed by atoms with Gasteiger partial charge in [0.1, 0.15) is 0 Å². The zero-order valence-electron chi connectivity index (χ0n) is 34.2. The second kappa shape index (κ2) is 15.3. The molecule has 0 aliphatic rings. The molecule has 61 heavy (non-hydrogen) atoms. The lowest BCUT2D eigenvalue weighted by atomic mass is 9.86. The first-order valence-electron chi connectivity index (χ1n) is 20.6. The fourth-order valence-corrected chi connectivity index (χ4v) is 8.27. The topological polar surface area (TPSA) is 67.4 Å². The SMILES string of the molecule is CC(C)(C)c1ccc2c(c1)c1cc(C#N)ccc1n2-c1c(-c2ccccc2)cc(-c2nc(-c3ccccc3)nc(-c3ccc(-c4ccccc4)cc3)n2)cc1-c1ccccc1. The summed E-state index contributed by atoms with van der Waals surface area (Å²) in [5.74, 6) is 1.78. The molecule has 0 saturated heterocycles. The van der Waals surface area contributed by atoms with E-state index in [1.165, 1.54) is 5.56 Å². The Kier molecular flexibility index (Phi) is 9.39. The van der Waals surface area contributed by atoms with E-state index in [4.69, 9.17) is 15.0 Å². The van der Waals surface area contributed by atoms with Gasteiger partial charge in [-0.15, -0.1) is 0 Å². The van der Waals surface area contributed by atoms with Crippen LogP contribution in [-0.2, 0) is 5.41 Å². The van der Waals surface area contributed by atoms with Gasteiger partial charge in [-0.25, -0.2) is 15.0 Å². The molecule has 0 spiro atoms. The van der Waals surface area contributed by atoms with Crippen LogP contribution in [-0.4, -0.2) is 19.5 Å². The number of fused-ring (bicyclic) bond motifs is 3. The molecule has 8 aromatic carbocycles. The Morgan fingerprint density at radius 1 is 0.410 bits per heavy atom. The van der Waals surface area contributed by atoms with Gasteiger partial charge in [-0.1, -0.05) is 172 Å². The summed E-state index contributed by atoms with van der Waals surface area (Å²) in [6.45, 7) is 6.72. The molecule has 0 aliphatic heterocycles. The standard InChI is InChI=1S/C56H41N5/c1-56(2,3)45-29-31-51-49(35-45)48-32-37(36-57)24-30-50(48)61(51)52-46(40-18-10-5-11-19-40)33-44(34-47(52)41-20-12-6-13-21-41)55-59-53(42-22-14-7-15-23-42)58-54(60-55)43-27-25-39(26-28-43)38-16-8-4-9-17-38/h4-35H,1-3H3. The van der Waals surface area contributed by atoms with Gasteiger partial charge < -0.3 is 4.57 Å². The number of hydrogen-bond donors (Lipinski definition) is 0. The molecule has 0 radical (unpaired) electrons. The van der Waals surface area contributed by atoms with Crippen molar-refractivity contribution in [3.8, 4) is 79.3 Å². The van der Waals surface area contributed by atoms with Crippen molar-refractivity contribution in [2.24, 2.45) is 0 Å². The summed E-state index contributed by atoms with van der Waals surface area (Å²) in [7, 11) is 0. The first kappa shape index (κ1) is 37.3. The second-order valence-corrected chi connectivity index (χ2v) is 16.4. The van der Waals surface area contributed by atoms with Crippen LogP contribution in [0.5, 0.6) is 0 Å². The molecule has 0 unspecified atom stereocenters. The molecule has 290 valence electrons. The van der Waals surface area contributed by atoms with Gasteiger partial charge in [0.2, 0.25) is 0 Å². The van der Waals surface area contributed by atoms with Crippen LogP contribution in [0.4, 0.5) is 0 Å². The Labute approximate surface area is 355 Å². The van der Waals surface area contributed by atoms with Crippen LogP contribution in [0, 0.1) is 11.3 Å². The van der Waals surface area contributed by atoms with Crippen molar-refractivity contribution >= 4 is 21.8 Å². The molecular formula is C56H41N5. The molecule has 0 amide bonds. The van der Waals surface area contributed by atoms with Crippen molar-refractivity contribution in [1.82, 2.24) is 19.5 Å². The third-order valence-electron chi connectivity index (χ3n) is 11.4. The minimum Gasteiger partial charge on any atom is -0.308 e. The first-order valence-corrected chi connectivity index (χ1v) is 20.6. The van der Waals surface area contributed by atoms with E-state index in [-0.39, 0.29) is 5.41 Å². The van der Waals surface area contributed by atoms with Crippen molar-refractivity contribution < 1.29 is 0 Å². The average Bonchev–Trinajstić information content (AvgIpc) is 3.64. The van der Waals surface area contributed by atoms with Crippen molar-refractivity contribution in [1.29, 1.82) is 5.26 Å². The number of hydrogen-bond acceptors (Lipinski definition) is 4. The van der Waals surface area contributed by atoms with Crippen molar-refractivity contribution in [3.63, 3.8) is 0 Å². The second-order valence-electron chi connectivity index (χ2n) is 16.4. The van der Waals surface area contributed by atoms with Gasteiger partial charge in [-0.3, -0.25) is 0 Å². The van der Waals surface area contributed by atoms with Crippen LogP contribution in [0.1, 0.15) is 31.9 Å². The van der Waals surface area contributed by atoms with E-state index >= 15 is 0 Å². The highest BCUT2D eigenvalue weighted by molar-refractivity contribution is 6.11. The Morgan fingerprint density at radius 2 is 0.820 bits per heavy atom. The Morgan fingerprint density at radius 3 is 1.33 bits per heavy atom. The monoisotopic (exact) mass is 783 g/mol. The molecular weight excluding hydrogens is 743 g/mol. The van der Waals surface area contributed by atoms with Crippen LogP contribution < -0.4 is 0 Å². The first-order chi connectivity index (χ1) is 29.8. The highest BCUT2D eigenvalue weighted by Crippen LogP contribution is 2.44. The summed E-state index contributed by atoms with van der Waals surface area (Å²) >= 11 is 0. The predicted molar refractivity (Wildman–Crippen MR) is 250 cm³/mol. The van der Waals surface area contributed by atoms with Crippen LogP contribution in [0.2, 0.25) is 0 Å². The number of aromatic nitrogens is 4. The predicted octanol–water partition coefficient (Wildman–Crippen LogP) is 14.1. The Hall–Kier alpha value is -7.94. The summed E-state index contributed by atoms with van der Waals surface area (Å²) in [5, 5.41) is 12.2. The van der Waals surface area contributed by atoms with Gasteiger partial charge in [-0.05, 0) is 75.7 Å². The molecule has 10 rings (SSSR count). The summed E-state index contributed by atoms with van der Waals surface area (Å²) < 4.78 is 2.38. The van der Waals surface area contributed by atoms with Crippen molar-refractivity contribution in [2.75, 3.05) is 0 Å². The molecule has 0 fully saturated rings. The van der Waals surface area contributed by atoms with E-state index in [0.29, 0.717) is 23.0 Å². The third kappa shape index (κ3) is 7.05. The molecule has 10 aromatic rings. The minimum absolute atomic E-state index is 0.0621. The lowest BCUT2D eigenvalue weighted by molar-refractivity contribution is 0.591. The van der Waals surface area contributed by atoms with Crippen LogP contribution in [0.15, 0.2) is 194 Å². The van der Waals surface area contributed by atoms with Gasteiger partial charge in [0, 0.05) is 38.6 Å². The van der Waals surface area contributed by atoms with Gasteiger partial charge in [0.15, 0.2) is 17.5 Å². The van der Waals surface area contributed by atoms with E-state index in [9.17, 15) is 5.26 Å². The third-order valence-corrected chi connectivity index (χ3v) is 11.4. The lowest BCUT2D eigenvalue weighted by Gasteiger charge is -2.22.